The van der Waals surface area contributed by atoms with Crippen molar-refractivity contribution in [1.82, 2.24) is 0 Å². The number of esters is 1. The zero-order valence-corrected chi connectivity index (χ0v) is 16.7. The van der Waals surface area contributed by atoms with Crippen molar-refractivity contribution in [2.75, 3.05) is 30.4 Å². The molecule has 148 valence electrons. The molecule has 1 saturated heterocycles. The van der Waals surface area contributed by atoms with E-state index in [-0.39, 0.29) is 17.0 Å². The number of anilines is 2. The number of ether oxygens (including phenoxy) is 1. The summed E-state index contributed by atoms with van der Waals surface area (Å²) < 4.78 is 19.1. The Morgan fingerprint density at radius 3 is 2.68 bits per heavy atom. The van der Waals surface area contributed by atoms with Crippen molar-refractivity contribution in [2.24, 2.45) is 0 Å². The van der Waals surface area contributed by atoms with Crippen molar-refractivity contribution in [3.8, 4) is 0 Å². The molecule has 1 fully saturated rings. The molecule has 2 heterocycles. The van der Waals surface area contributed by atoms with Crippen molar-refractivity contribution < 1.29 is 13.9 Å². The SMILES string of the molecule is COC(=O)c1cc(F)cc2c1NC(c1cccc(N3CCCC3)c1)CC2(C)C. The van der Waals surface area contributed by atoms with Gasteiger partial charge in [0.25, 0.3) is 0 Å². The minimum Gasteiger partial charge on any atom is -0.465 e. The number of nitrogens with zero attached hydrogens (tertiary/aromatic N) is 1. The van der Waals surface area contributed by atoms with Crippen LogP contribution in [0.25, 0.3) is 0 Å². The molecule has 0 amide bonds. The summed E-state index contributed by atoms with van der Waals surface area (Å²) in [6, 6.07) is 11.5. The molecule has 0 aromatic heterocycles. The summed E-state index contributed by atoms with van der Waals surface area (Å²) >= 11 is 0. The molecule has 2 aromatic carbocycles. The molecule has 2 aliphatic rings. The average molecular weight is 382 g/mol. The molecule has 0 saturated carbocycles. The monoisotopic (exact) mass is 382 g/mol. The second kappa shape index (κ2) is 7.12. The fraction of sp³-hybridized carbons (Fsp3) is 0.435. The quantitative estimate of drug-likeness (QED) is 0.755. The van der Waals surface area contributed by atoms with Crippen LogP contribution in [0.4, 0.5) is 15.8 Å². The molecule has 2 aliphatic heterocycles. The fourth-order valence-corrected chi connectivity index (χ4v) is 4.53. The minimum absolute atomic E-state index is 0.0407. The molecule has 0 bridgehead atoms. The molecule has 2 aromatic rings. The second-order valence-electron chi connectivity index (χ2n) is 8.44. The maximum atomic E-state index is 14.2. The van der Waals surface area contributed by atoms with Crippen LogP contribution in [-0.4, -0.2) is 26.2 Å². The van der Waals surface area contributed by atoms with Crippen molar-refractivity contribution >= 4 is 17.3 Å². The van der Waals surface area contributed by atoms with Crippen molar-refractivity contribution in [2.45, 2.75) is 44.6 Å². The van der Waals surface area contributed by atoms with E-state index in [1.54, 1.807) is 0 Å². The molecule has 28 heavy (non-hydrogen) atoms. The first kappa shape index (κ1) is 18.8. The molecule has 0 spiro atoms. The van der Waals surface area contributed by atoms with E-state index in [2.05, 4.69) is 48.3 Å². The third kappa shape index (κ3) is 3.34. The highest BCUT2D eigenvalue weighted by Gasteiger charge is 2.36. The first-order chi connectivity index (χ1) is 13.4. The van der Waals surface area contributed by atoms with Gasteiger partial charge in [0, 0.05) is 18.8 Å². The predicted molar refractivity (Wildman–Crippen MR) is 110 cm³/mol. The lowest BCUT2D eigenvalue weighted by molar-refractivity contribution is 0.0601. The molecule has 1 atom stereocenters. The van der Waals surface area contributed by atoms with Gasteiger partial charge in [-0.1, -0.05) is 26.0 Å². The maximum absolute atomic E-state index is 14.2. The van der Waals surface area contributed by atoms with E-state index in [1.807, 2.05) is 0 Å². The summed E-state index contributed by atoms with van der Waals surface area (Å²) in [7, 11) is 1.32. The highest BCUT2D eigenvalue weighted by atomic mass is 19.1. The zero-order chi connectivity index (χ0) is 19.9. The van der Waals surface area contributed by atoms with Crippen LogP contribution in [0, 0.1) is 5.82 Å². The number of carbonyl (C=O) groups is 1. The summed E-state index contributed by atoms with van der Waals surface area (Å²) in [5, 5.41) is 3.51. The number of fused-ring (bicyclic) bond motifs is 1. The van der Waals surface area contributed by atoms with E-state index < -0.39 is 11.8 Å². The van der Waals surface area contributed by atoms with Gasteiger partial charge < -0.3 is 15.0 Å². The third-order valence-corrected chi connectivity index (χ3v) is 6.01. The first-order valence-corrected chi connectivity index (χ1v) is 9.93. The Balaban J connectivity index is 1.74. The average Bonchev–Trinajstić information content (AvgIpc) is 3.22. The molecule has 4 rings (SSSR count). The van der Waals surface area contributed by atoms with Gasteiger partial charge in [-0.25, -0.2) is 9.18 Å². The molecule has 0 radical (unpaired) electrons. The van der Waals surface area contributed by atoms with Gasteiger partial charge >= 0.3 is 5.97 Å². The van der Waals surface area contributed by atoms with Gasteiger partial charge in [-0.2, -0.15) is 0 Å². The van der Waals surface area contributed by atoms with Crippen LogP contribution in [0.2, 0.25) is 0 Å². The lowest BCUT2D eigenvalue weighted by Crippen LogP contribution is -2.33. The van der Waals surface area contributed by atoms with Crippen LogP contribution in [0.5, 0.6) is 0 Å². The first-order valence-electron chi connectivity index (χ1n) is 9.93. The lowest BCUT2D eigenvalue weighted by Gasteiger charge is -2.40. The van der Waals surface area contributed by atoms with E-state index in [0.717, 1.165) is 25.1 Å². The van der Waals surface area contributed by atoms with Crippen LogP contribution in [-0.2, 0) is 10.2 Å². The Morgan fingerprint density at radius 2 is 1.96 bits per heavy atom. The summed E-state index contributed by atoms with van der Waals surface area (Å²) in [5.74, 6) is -0.936. The van der Waals surface area contributed by atoms with Gasteiger partial charge in [-0.3, -0.25) is 0 Å². The van der Waals surface area contributed by atoms with E-state index in [1.165, 1.54) is 43.3 Å². The van der Waals surface area contributed by atoms with Gasteiger partial charge in [0.2, 0.25) is 0 Å². The van der Waals surface area contributed by atoms with Crippen LogP contribution >= 0.6 is 0 Å². The number of hydrogen-bond donors (Lipinski definition) is 1. The topological polar surface area (TPSA) is 41.6 Å². The number of nitrogens with one attached hydrogen (secondary N) is 1. The van der Waals surface area contributed by atoms with E-state index in [9.17, 15) is 9.18 Å². The molecular formula is C23H27FN2O2. The highest BCUT2D eigenvalue weighted by molar-refractivity contribution is 5.97. The molecule has 5 heteroatoms. The van der Waals surface area contributed by atoms with Gasteiger partial charge in [0.15, 0.2) is 0 Å². The maximum Gasteiger partial charge on any atom is 0.340 e. The van der Waals surface area contributed by atoms with Gasteiger partial charge in [0.05, 0.1) is 24.4 Å². The summed E-state index contributed by atoms with van der Waals surface area (Å²) in [5.41, 5.74) is 3.91. The molecule has 1 N–H and O–H groups in total. The van der Waals surface area contributed by atoms with Crippen molar-refractivity contribution in [1.29, 1.82) is 0 Å². The van der Waals surface area contributed by atoms with E-state index in [4.69, 9.17) is 4.74 Å². The Kier molecular flexibility index (Phi) is 4.77. The van der Waals surface area contributed by atoms with Crippen molar-refractivity contribution in [3.05, 3.63) is 58.9 Å². The Labute approximate surface area is 165 Å². The Morgan fingerprint density at radius 1 is 1.21 bits per heavy atom. The van der Waals surface area contributed by atoms with Crippen LogP contribution in [0.3, 0.4) is 0 Å². The summed E-state index contributed by atoms with van der Waals surface area (Å²) in [6.45, 7) is 6.40. The van der Waals surface area contributed by atoms with Gasteiger partial charge in [-0.05, 0) is 60.1 Å². The van der Waals surface area contributed by atoms with E-state index >= 15 is 0 Å². The molecule has 1 unspecified atom stereocenters. The summed E-state index contributed by atoms with van der Waals surface area (Å²) in [6.07, 6.45) is 3.29. The largest absolute Gasteiger partial charge is 0.465 e. The highest BCUT2D eigenvalue weighted by Crippen LogP contribution is 2.46. The molecule has 0 aliphatic carbocycles. The minimum atomic E-state index is -0.523. The molecular weight excluding hydrogens is 355 g/mol. The van der Waals surface area contributed by atoms with Crippen LogP contribution in [0.15, 0.2) is 36.4 Å². The van der Waals surface area contributed by atoms with Gasteiger partial charge in [-0.15, -0.1) is 0 Å². The van der Waals surface area contributed by atoms with Crippen molar-refractivity contribution in [3.63, 3.8) is 0 Å². The number of benzene rings is 2. The van der Waals surface area contributed by atoms with Gasteiger partial charge in [0.1, 0.15) is 5.82 Å². The number of halogens is 1. The zero-order valence-electron chi connectivity index (χ0n) is 16.7. The number of carbonyl (C=O) groups excluding carboxylic acids is 1. The normalized spacial score (nSPS) is 20.4. The second-order valence-corrected chi connectivity index (χ2v) is 8.44. The third-order valence-electron chi connectivity index (χ3n) is 6.01. The number of rotatable bonds is 3. The smallest absolute Gasteiger partial charge is 0.340 e. The predicted octanol–water partition coefficient (Wildman–Crippen LogP) is 5.05. The standard InChI is InChI=1S/C23H27FN2O2/c1-23(2)14-20(15-7-6-8-17(11-15)26-9-4-5-10-26)25-21-18(22(27)28-3)12-16(24)13-19(21)23/h6-8,11-13,20,25H,4-5,9-10,14H2,1-3H3. The number of methoxy groups -OCH3 is 1. The molecule has 4 nitrogen and oxygen atoms in total. The van der Waals surface area contributed by atoms with Crippen LogP contribution in [0.1, 0.15) is 60.6 Å². The lowest BCUT2D eigenvalue weighted by atomic mass is 9.73. The van der Waals surface area contributed by atoms with E-state index in [0.29, 0.717) is 5.69 Å². The Bertz CT molecular complexity index is 903. The summed E-state index contributed by atoms with van der Waals surface area (Å²) in [4.78, 5) is 14.7. The fourth-order valence-electron chi connectivity index (χ4n) is 4.53. The number of hydrogen-bond acceptors (Lipinski definition) is 4. The Hall–Kier alpha value is -2.56. The van der Waals surface area contributed by atoms with Crippen LogP contribution < -0.4 is 10.2 Å².